The molecule has 0 N–H and O–H groups in total. The van der Waals surface area contributed by atoms with Gasteiger partial charge in [0.2, 0.25) is 0 Å². The molecule has 0 saturated heterocycles. The predicted molar refractivity (Wildman–Crippen MR) is 215 cm³/mol. The molecule has 2 aromatic heterocycles. The van der Waals surface area contributed by atoms with Gasteiger partial charge in [-0.1, -0.05) is 121 Å². The Morgan fingerprint density at radius 1 is 0.308 bits per heavy atom. The third-order valence-corrected chi connectivity index (χ3v) is 10.9. The molecule has 242 valence electrons. The van der Waals surface area contributed by atoms with Crippen molar-refractivity contribution in [2.75, 3.05) is 0 Å². The fourth-order valence-electron chi connectivity index (χ4n) is 8.64. The van der Waals surface area contributed by atoms with Gasteiger partial charge < -0.3 is 9.13 Å². The van der Waals surface area contributed by atoms with Crippen LogP contribution in [-0.4, -0.2) is 14.9 Å². The lowest BCUT2D eigenvalue weighted by atomic mass is 9.95. The number of fused-ring (bicyclic) bond motifs is 9. The summed E-state index contributed by atoms with van der Waals surface area (Å²) < 4.78 is 4.67. The second kappa shape index (κ2) is 11.0. The lowest BCUT2D eigenvalue weighted by Crippen LogP contribution is -1.96. The van der Waals surface area contributed by atoms with E-state index >= 15 is 0 Å². The lowest BCUT2D eigenvalue weighted by molar-refractivity contribution is 0.104. The number of aromatic nitrogens is 2. The van der Waals surface area contributed by atoms with Crippen molar-refractivity contribution in [2.24, 2.45) is 0 Å². The van der Waals surface area contributed by atoms with Gasteiger partial charge in [-0.2, -0.15) is 0 Å². The van der Waals surface area contributed by atoms with Crippen LogP contribution in [0.2, 0.25) is 0 Å². The van der Waals surface area contributed by atoms with E-state index in [0.717, 1.165) is 77.9 Å². The minimum atomic E-state index is 0.0754. The van der Waals surface area contributed by atoms with E-state index in [1.807, 2.05) is 0 Å². The molecule has 1 aliphatic carbocycles. The van der Waals surface area contributed by atoms with Crippen molar-refractivity contribution in [3.63, 3.8) is 0 Å². The number of hydrogen-bond donors (Lipinski definition) is 0. The molecule has 52 heavy (non-hydrogen) atoms. The molecular weight excluding hydrogens is 633 g/mol. The van der Waals surface area contributed by atoms with E-state index in [1.54, 1.807) is 0 Å². The zero-order chi connectivity index (χ0) is 34.3. The Bertz CT molecular complexity index is 2870. The maximum Gasteiger partial charge on any atom is 0.194 e. The largest absolute Gasteiger partial charge is 0.309 e. The highest BCUT2D eigenvalue weighted by Gasteiger charge is 2.28. The van der Waals surface area contributed by atoms with E-state index in [0.29, 0.717) is 0 Å². The summed E-state index contributed by atoms with van der Waals surface area (Å²) >= 11 is 0. The molecule has 8 aromatic carbocycles. The van der Waals surface area contributed by atoms with E-state index in [1.165, 1.54) is 21.5 Å². The van der Waals surface area contributed by atoms with Gasteiger partial charge in [-0.25, -0.2) is 0 Å². The average Bonchev–Trinajstić information content (AvgIpc) is 3.83. The summed E-state index contributed by atoms with van der Waals surface area (Å²) in [6.07, 6.45) is 0. The molecule has 0 aliphatic heterocycles. The van der Waals surface area contributed by atoms with Crippen molar-refractivity contribution < 1.29 is 4.79 Å². The highest BCUT2D eigenvalue weighted by Crippen LogP contribution is 2.45. The summed E-state index contributed by atoms with van der Waals surface area (Å²) in [5.74, 6) is 0.0754. The van der Waals surface area contributed by atoms with Crippen LogP contribution in [0.25, 0.3) is 88.4 Å². The summed E-state index contributed by atoms with van der Waals surface area (Å²) in [6, 6.07) is 64.1. The summed E-state index contributed by atoms with van der Waals surface area (Å²) in [5.41, 5.74) is 14.7. The van der Waals surface area contributed by atoms with Crippen molar-refractivity contribution in [1.29, 1.82) is 0 Å². The van der Waals surface area contributed by atoms with Crippen LogP contribution in [-0.2, 0) is 0 Å². The molecule has 2 heterocycles. The molecule has 11 rings (SSSR count). The van der Waals surface area contributed by atoms with Gasteiger partial charge >= 0.3 is 0 Å². The highest BCUT2D eigenvalue weighted by molar-refractivity contribution is 6.24. The first-order valence-electron chi connectivity index (χ1n) is 17.7. The van der Waals surface area contributed by atoms with E-state index in [9.17, 15) is 4.79 Å². The quantitative estimate of drug-likeness (QED) is 0.184. The third-order valence-electron chi connectivity index (χ3n) is 10.9. The fraction of sp³-hybridized carbons (Fsp3) is 0. The van der Waals surface area contributed by atoms with Crippen LogP contribution in [0.1, 0.15) is 15.9 Å². The molecule has 10 aromatic rings. The van der Waals surface area contributed by atoms with Crippen molar-refractivity contribution in [1.82, 2.24) is 9.13 Å². The fourth-order valence-corrected chi connectivity index (χ4v) is 8.64. The molecule has 3 nitrogen and oxygen atoms in total. The number of rotatable bonds is 4. The Labute approximate surface area is 300 Å². The monoisotopic (exact) mass is 662 g/mol. The first kappa shape index (κ1) is 28.8. The van der Waals surface area contributed by atoms with Crippen LogP contribution in [0.3, 0.4) is 0 Å². The van der Waals surface area contributed by atoms with Crippen molar-refractivity contribution in [3.05, 3.63) is 193 Å². The van der Waals surface area contributed by atoms with E-state index in [-0.39, 0.29) is 5.78 Å². The second-order valence-electron chi connectivity index (χ2n) is 13.6. The van der Waals surface area contributed by atoms with Crippen LogP contribution in [0.5, 0.6) is 0 Å². The van der Waals surface area contributed by atoms with Crippen LogP contribution >= 0.6 is 0 Å². The second-order valence-corrected chi connectivity index (χ2v) is 13.6. The number of carbonyl (C=O) groups is 1. The molecule has 0 saturated carbocycles. The summed E-state index contributed by atoms with van der Waals surface area (Å²) in [6.45, 7) is 0. The van der Waals surface area contributed by atoms with E-state index < -0.39 is 0 Å². The van der Waals surface area contributed by atoms with E-state index in [2.05, 4.69) is 191 Å². The minimum Gasteiger partial charge on any atom is -0.309 e. The highest BCUT2D eigenvalue weighted by atomic mass is 16.1. The van der Waals surface area contributed by atoms with Crippen LogP contribution in [0.15, 0.2) is 182 Å². The van der Waals surface area contributed by atoms with Crippen molar-refractivity contribution >= 4 is 49.4 Å². The van der Waals surface area contributed by atoms with Gasteiger partial charge in [-0.15, -0.1) is 0 Å². The lowest BCUT2D eigenvalue weighted by Gasteiger charge is -2.10. The minimum absolute atomic E-state index is 0.0754. The molecular formula is C49H30N2O. The Balaban J connectivity index is 1.05. The molecule has 1 aliphatic rings. The van der Waals surface area contributed by atoms with Gasteiger partial charge in [-0.3, -0.25) is 4.79 Å². The number of para-hydroxylation sites is 4. The summed E-state index contributed by atoms with van der Waals surface area (Å²) in [7, 11) is 0. The molecule has 0 radical (unpaired) electrons. The molecule has 3 heteroatoms. The molecule has 0 spiro atoms. The topological polar surface area (TPSA) is 26.9 Å². The SMILES string of the molecule is O=C1c2cc(-c3cccc4c3c3ccccc3n4-c3ccccc3)ccc2-c2ccc(-c3cccc4c3c3ccccc3n4-c3ccccc3)cc21. The predicted octanol–water partition coefficient (Wildman–Crippen LogP) is 12.4. The molecule has 0 amide bonds. The summed E-state index contributed by atoms with van der Waals surface area (Å²) in [5, 5.41) is 4.77. The van der Waals surface area contributed by atoms with Crippen LogP contribution in [0.4, 0.5) is 0 Å². The van der Waals surface area contributed by atoms with Gasteiger partial charge in [-0.05, 0) is 94.0 Å². The maximum atomic E-state index is 14.4. The zero-order valence-electron chi connectivity index (χ0n) is 28.1. The van der Waals surface area contributed by atoms with E-state index in [4.69, 9.17) is 0 Å². The number of carbonyl (C=O) groups excluding carboxylic acids is 1. The number of nitrogens with zero attached hydrogens (tertiary/aromatic N) is 2. The Kier molecular flexibility index (Phi) is 6.11. The van der Waals surface area contributed by atoms with Crippen LogP contribution < -0.4 is 0 Å². The third kappa shape index (κ3) is 4.05. The average molecular weight is 663 g/mol. The smallest absolute Gasteiger partial charge is 0.194 e. The zero-order valence-corrected chi connectivity index (χ0v) is 28.1. The standard InChI is InChI=1S/C49H30N2O/c52-49-41-29-31(35-19-11-23-45-47(35)39-17-7-9-21-43(39)50(45)33-13-3-1-4-14-33)25-27-37(41)38-28-26-32(30-42(38)49)36-20-12-24-46-48(36)40-18-8-10-22-44(40)51(46)34-15-5-2-6-16-34/h1-30H. The number of hydrogen-bond acceptors (Lipinski definition) is 1. The molecule has 0 unspecified atom stereocenters. The first-order valence-corrected chi connectivity index (χ1v) is 17.7. The molecule has 0 atom stereocenters. The van der Waals surface area contributed by atoms with Gasteiger partial charge in [0.15, 0.2) is 5.78 Å². The van der Waals surface area contributed by atoms with Gasteiger partial charge in [0, 0.05) is 44.0 Å². The van der Waals surface area contributed by atoms with Crippen LogP contribution in [0, 0.1) is 0 Å². The van der Waals surface area contributed by atoms with Gasteiger partial charge in [0.1, 0.15) is 0 Å². The van der Waals surface area contributed by atoms with Gasteiger partial charge in [0.05, 0.1) is 22.1 Å². The Hall–Kier alpha value is -6.97. The summed E-state index contributed by atoms with van der Waals surface area (Å²) in [4.78, 5) is 14.4. The normalized spacial score (nSPS) is 12.3. The van der Waals surface area contributed by atoms with Gasteiger partial charge in [0.25, 0.3) is 0 Å². The Morgan fingerprint density at radius 2 is 0.712 bits per heavy atom. The molecule has 0 bridgehead atoms. The van der Waals surface area contributed by atoms with Crippen molar-refractivity contribution in [3.8, 4) is 44.8 Å². The number of benzene rings is 8. The first-order chi connectivity index (χ1) is 25.7. The number of ketones is 1. The van der Waals surface area contributed by atoms with Crippen molar-refractivity contribution in [2.45, 2.75) is 0 Å². The Morgan fingerprint density at radius 3 is 1.17 bits per heavy atom. The molecule has 0 fully saturated rings. The maximum absolute atomic E-state index is 14.4.